The Balaban J connectivity index is 2.27. The number of benzene rings is 1. The van der Waals surface area contributed by atoms with Gasteiger partial charge in [-0.1, -0.05) is 0 Å². The van der Waals surface area contributed by atoms with E-state index >= 15 is 0 Å². The number of aryl methyl sites for hydroxylation is 1. The van der Waals surface area contributed by atoms with Gasteiger partial charge in [0.25, 0.3) is 0 Å². The third-order valence-corrected chi connectivity index (χ3v) is 2.61. The minimum atomic E-state index is -0.283. The number of fused-ring (bicyclic) bond motifs is 1. The molecule has 2 aromatic rings. The van der Waals surface area contributed by atoms with Crippen LogP contribution in [0.15, 0.2) is 24.3 Å². The van der Waals surface area contributed by atoms with Gasteiger partial charge in [0.05, 0.1) is 12.1 Å². The number of aromatic nitrogens is 1. The minimum absolute atomic E-state index is 0.283. The first-order chi connectivity index (χ1) is 8.70. The molecule has 1 heterocycles. The van der Waals surface area contributed by atoms with Gasteiger partial charge in [-0.25, -0.2) is 4.39 Å². The molecule has 0 radical (unpaired) electrons. The van der Waals surface area contributed by atoms with Gasteiger partial charge in [-0.05, 0) is 25.1 Å². The molecule has 0 N–H and O–H groups in total. The molecular weight excluding hydrogens is 233 g/mol. The lowest BCUT2D eigenvalue weighted by molar-refractivity contribution is 0.172. The van der Waals surface area contributed by atoms with Gasteiger partial charge in [-0.3, -0.25) is 4.98 Å². The van der Waals surface area contributed by atoms with E-state index in [1.54, 1.807) is 13.2 Å². The fraction of sp³-hybridized carbons (Fsp3) is 0.357. The van der Waals surface area contributed by atoms with Gasteiger partial charge in [0.1, 0.15) is 11.6 Å². The number of halogens is 1. The van der Waals surface area contributed by atoms with Crippen molar-refractivity contribution in [3.05, 3.63) is 35.8 Å². The zero-order valence-corrected chi connectivity index (χ0v) is 10.6. The van der Waals surface area contributed by atoms with E-state index in [-0.39, 0.29) is 5.82 Å². The summed E-state index contributed by atoms with van der Waals surface area (Å²) in [4.78, 5) is 4.35. The molecule has 0 saturated carbocycles. The molecule has 18 heavy (non-hydrogen) atoms. The summed E-state index contributed by atoms with van der Waals surface area (Å²) in [7, 11) is 1.65. The summed E-state index contributed by atoms with van der Waals surface area (Å²) in [6, 6.07) is 6.35. The molecule has 96 valence electrons. The van der Waals surface area contributed by atoms with Crippen molar-refractivity contribution in [3.8, 4) is 5.75 Å². The maximum atomic E-state index is 13.3. The van der Waals surface area contributed by atoms with Gasteiger partial charge in [-0.15, -0.1) is 0 Å². The molecule has 0 amide bonds. The number of nitrogens with zero attached hydrogens (tertiary/aromatic N) is 1. The summed E-state index contributed by atoms with van der Waals surface area (Å²) in [5.41, 5.74) is 1.61. The fourth-order valence-electron chi connectivity index (χ4n) is 1.80. The van der Waals surface area contributed by atoms with Crippen LogP contribution in [-0.4, -0.2) is 25.3 Å². The number of pyridine rings is 1. The summed E-state index contributed by atoms with van der Waals surface area (Å²) in [5, 5.41) is 0.706. The molecule has 0 spiro atoms. The van der Waals surface area contributed by atoms with E-state index in [1.165, 1.54) is 12.1 Å². The molecule has 1 aromatic heterocycles. The van der Waals surface area contributed by atoms with Crippen molar-refractivity contribution in [3.63, 3.8) is 0 Å². The maximum Gasteiger partial charge on any atom is 0.130 e. The van der Waals surface area contributed by atoms with E-state index in [2.05, 4.69) is 4.98 Å². The van der Waals surface area contributed by atoms with Crippen LogP contribution in [0.2, 0.25) is 0 Å². The number of rotatable bonds is 5. The van der Waals surface area contributed by atoms with E-state index in [1.807, 2.05) is 13.0 Å². The van der Waals surface area contributed by atoms with Gasteiger partial charge in [0.2, 0.25) is 0 Å². The summed E-state index contributed by atoms with van der Waals surface area (Å²) < 4.78 is 23.9. The standard InChI is InChI=1S/C14H16FNO2/c1-10-8-14(18-7-3-6-17-2)12-9-11(15)4-5-13(12)16-10/h4-5,8-9H,3,6-7H2,1-2H3. The zero-order chi connectivity index (χ0) is 13.0. The lowest BCUT2D eigenvalue weighted by Gasteiger charge is -2.10. The summed E-state index contributed by atoms with van der Waals surface area (Å²) in [5.74, 6) is 0.392. The highest BCUT2D eigenvalue weighted by molar-refractivity contribution is 5.85. The SMILES string of the molecule is COCCCOc1cc(C)nc2ccc(F)cc12. The average molecular weight is 249 g/mol. The molecule has 0 fully saturated rings. The molecule has 0 aliphatic rings. The van der Waals surface area contributed by atoms with E-state index in [0.29, 0.717) is 24.3 Å². The van der Waals surface area contributed by atoms with Crippen molar-refractivity contribution in [2.45, 2.75) is 13.3 Å². The molecule has 0 bridgehead atoms. The first kappa shape index (κ1) is 12.8. The molecule has 0 atom stereocenters. The first-order valence-corrected chi connectivity index (χ1v) is 5.89. The minimum Gasteiger partial charge on any atom is -0.493 e. The Bertz CT molecular complexity index is 543. The predicted molar refractivity (Wildman–Crippen MR) is 68.4 cm³/mol. The van der Waals surface area contributed by atoms with E-state index < -0.39 is 0 Å². The third-order valence-electron chi connectivity index (χ3n) is 2.61. The average Bonchev–Trinajstić information content (AvgIpc) is 2.35. The highest BCUT2D eigenvalue weighted by Gasteiger charge is 2.06. The van der Waals surface area contributed by atoms with Crippen LogP contribution in [0, 0.1) is 12.7 Å². The Morgan fingerprint density at radius 3 is 2.83 bits per heavy atom. The fourth-order valence-corrected chi connectivity index (χ4v) is 1.80. The maximum absolute atomic E-state index is 13.3. The molecule has 0 aliphatic heterocycles. The van der Waals surface area contributed by atoms with E-state index in [4.69, 9.17) is 9.47 Å². The number of hydrogen-bond acceptors (Lipinski definition) is 3. The number of methoxy groups -OCH3 is 1. The lowest BCUT2D eigenvalue weighted by Crippen LogP contribution is -2.02. The van der Waals surface area contributed by atoms with Crippen molar-refractivity contribution in [2.24, 2.45) is 0 Å². The van der Waals surface area contributed by atoms with Gasteiger partial charge in [-0.2, -0.15) is 0 Å². The van der Waals surface area contributed by atoms with Crippen LogP contribution in [0.5, 0.6) is 5.75 Å². The third kappa shape index (κ3) is 2.96. The van der Waals surface area contributed by atoms with Crippen molar-refractivity contribution in [1.82, 2.24) is 4.98 Å². The molecule has 0 unspecified atom stereocenters. The Morgan fingerprint density at radius 2 is 2.06 bits per heavy atom. The second-order valence-electron chi connectivity index (χ2n) is 4.12. The Morgan fingerprint density at radius 1 is 1.22 bits per heavy atom. The molecule has 4 heteroatoms. The normalized spacial score (nSPS) is 10.8. The van der Waals surface area contributed by atoms with Gasteiger partial charge in [0, 0.05) is 37.3 Å². The summed E-state index contributed by atoms with van der Waals surface area (Å²) >= 11 is 0. The smallest absolute Gasteiger partial charge is 0.130 e. The number of ether oxygens (including phenoxy) is 2. The molecule has 0 aliphatic carbocycles. The van der Waals surface area contributed by atoms with Crippen molar-refractivity contribution in [2.75, 3.05) is 20.3 Å². The summed E-state index contributed by atoms with van der Waals surface area (Å²) in [6.45, 7) is 3.09. The quantitative estimate of drug-likeness (QED) is 0.763. The molecule has 1 aromatic carbocycles. The van der Waals surface area contributed by atoms with Gasteiger partial charge < -0.3 is 9.47 Å². The summed E-state index contributed by atoms with van der Waals surface area (Å²) in [6.07, 6.45) is 0.800. The van der Waals surface area contributed by atoms with Crippen LogP contribution >= 0.6 is 0 Å². The molecule has 0 saturated heterocycles. The zero-order valence-electron chi connectivity index (χ0n) is 10.6. The van der Waals surface area contributed by atoms with Gasteiger partial charge >= 0.3 is 0 Å². The first-order valence-electron chi connectivity index (χ1n) is 5.89. The van der Waals surface area contributed by atoms with Crippen LogP contribution in [0.25, 0.3) is 10.9 Å². The second kappa shape index (κ2) is 5.78. The van der Waals surface area contributed by atoms with Gasteiger partial charge in [0.15, 0.2) is 0 Å². The monoisotopic (exact) mass is 249 g/mol. The van der Waals surface area contributed by atoms with Crippen LogP contribution in [0.3, 0.4) is 0 Å². The van der Waals surface area contributed by atoms with Crippen molar-refractivity contribution >= 4 is 10.9 Å². The highest BCUT2D eigenvalue weighted by atomic mass is 19.1. The van der Waals surface area contributed by atoms with E-state index in [9.17, 15) is 4.39 Å². The second-order valence-corrected chi connectivity index (χ2v) is 4.12. The Kier molecular flexibility index (Phi) is 4.10. The Hall–Kier alpha value is -1.68. The van der Waals surface area contributed by atoms with Crippen LogP contribution in [-0.2, 0) is 4.74 Å². The molecule has 3 nitrogen and oxygen atoms in total. The topological polar surface area (TPSA) is 31.4 Å². The lowest BCUT2D eigenvalue weighted by atomic mass is 10.2. The van der Waals surface area contributed by atoms with Crippen molar-refractivity contribution in [1.29, 1.82) is 0 Å². The van der Waals surface area contributed by atoms with Crippen LogP contribution in [0.1, 0.15) is 12.1 Å². The Labute approximate surface area is 106 Å². The van der Waals surface area contributed by atoms with Crippen molar-refractivity contribution < 1.29 is 13.9 Å². The van der Waals surface area contributed by atoms with E-state index in [0.717, 1.165) is 17.6 Å². The predicted octanol–water partition coefficient (Wildman–Crippen LogP) is 3.10. The molecule has 2 rings (SSSR count). The molecular formula is C14H16FNO2. The number of hydrogen-bond donors (Lipinski definition) is 0. The largest absolute Gasteiger partial charge is 0.493 e. The van der Waals surface area contributed by atoms with Crippen LogP contribution < -0.4 is 4.74 Å². The highest BCUT2D eigenvalue weighted by Crippen LogP contribution is 2.26. The van der Waals surface area contributed by atoms with Crippen LogP contribution in [0.4, 0.5) is 4.39 Å².